The number of nitro benzene ring substituents is 1. The van der Waals surface area contributed by atoms with Gasteiger partial charge < -0.3 is 53.3 Å². The number of carbonyl (C=O) groups excluding carboxylic acids is 2. The molecule has 3 aromatic rings. The lowest BCUT2D eigenvalue weighted by molar-refractivity contribution is -0.384. The number of allylic oxidation sites excluding steroid dienone is 1. The zero-order chi connectivity index (χ0) is 49.3. The van der Waals surface area contributed by atoms with Gasteiger partial charge in [0, 0.05) is 55.9 Å². The standard InChI is InChI=1S/C50H64N4O15/c1-5-25-66-50-45(53(49(59)65-6-2)21-26-64-27-24-57)31-42(52-67-32-33-13-15-35(16-14-33)54(60)61)39-28-34(11-7-9-22-55)38(12-8-10-23-56)46(47(39)50)40-29-37(18-20-43(40)69-50)68-48(58)51-41-19-17-36(62-3)30-44(41)63-4/h5,13-20,28-30,34,38,45-47,55-57H,1,6-12,21-27,31-32H2,2-4H3,(H,51,58). The van der Waals surface area contributed by atoms with Crippen molar-refractivity contribution in [2.75, 3.05) is 72.3 Å². The number of aliphatic hydroxyl groups excluding tert-OH is 3. The first-order chi connectivity index (χ1) is 33.5. The molecule has 0 saturated heterocycles. The van der Waals surface area contributed by atoms with E-state index < -0.39 is 40.8 Å². The van der Waals surface area contributed by atoms with Gasteiger partial charge in [-0.3, -0.25) is 20.3 Å². The molecule has 2 aliphatic carbocycles. The van der Waals surface area contributed by atoms with Crippen molar-refractivity contribution >= 4 is 29.3 Å². The van der Waals surface area contributed by atoms with Gasteiger partial charge in [-0.25, -0.2) is 9.59 Å². The summed E-state index contributed by atoms with van der Waals surface area (Å²) in [5, 5.41) is 48.4. The van der Waals surface area contributed by atoms with Gasteiger partial charge in [-0.1, -0.05) is 30.1 Å². The summed E-state index contributed by atoms with van der Waals surface area (Å²) in [7, 11) is 3.00. The Morgan fingerprint density at radius 1 is 0.971 bits per heavy atom. The van der Waals surface area contributed by atoms with Crippen LogP contribution in [0.3, 0.4) is 0 Å². The summed E-state index contributed by atoms with van der Waals surface area (Å²) in [6.07, 6.45) is 6.22. The lowest BCUT2D eigenvalue weighted by Crippen LogP contribution is -2.70. The number of benzene rings is 3. The molecule has 3 aliphatic rings. The maximum atomic E-state index is 14.3. The molecule has 0 aromatic heterocycles. The number of nitrogens with one attached hydrogen (secondary N) is 1. The number of unbranched alkanes of at least 4 members (excludes halogenated alkanes) is 2. The van der Waals surface area contributed by atoms with Gasteiger partial charge in [-0.05, 0) is 98.0 Å². The van der Waals surface area contributed by atoms with Crippen LogP contribution in [-0.2, 0) is 25.7 Å². The molecule has 0 bridgehead atoms. The van der Waals surface area contributed by atoms with Crippen LogP contribution in [0.1, 0.15) is 68.9 Å². The fourth-order valence-electron chi connectivity index (χ4n) is 9.67. The number of ether oxygens (including phenoxy) is 7. The highest BCUT2D eigenvalue weighted by Gasteiger charge is 2.65. The number of anilines is 1. The van der Waals surface area contributed by atoms with E-state index in [0.29, 0.717) is 78.3 Å². The number of carbonyl (C=O) groups is 2. The van der Waals surface area contributed by atoms with Crippen LogP contribution in [-0.4, -0.2) is 122 Å². The van der Waals surface area contributed by atoms with Crippen LogP contribution in [0.2, 0.25) is 0 Å². The van der Waals surface area contributed by atoms with Gasteiger partial charge in [0.25, 0.3) is 5.69 Å². The smallest absolute Gasteiger partial charge is 0.417 e. The second-order valence-corrected chi connectivity index (χ2v) is 16.8. The van der Waals surface area contributed by atoms with Crippen LogP contribution in [0.15, 0.2) is 90.1 Å². The number of aliphatic hydroxyl groups is 3. The molecule has 2 amide bonds. The summed E-state index contributed by atoms with van der Waals surface area (Å²) >= 11 is 0. The zero-order valence-electron chi connectivity index (χ0n) is 39.4. The molecule has 6 atom stereocenters. The number of non-ortho nitro benzene ring substituents is 1. The topological polar surface area (TPSA) is 239 Å². The minimum absolute atomic E-state index is 0.00687. The van der Waals surface area contributed by atoms with Crippen molar-refractivity contribution < 1.29 is 67.8 Å². The molecule has 4 N–H and O–H groups in total. The quantitative estimate of drug-likeness (QED) is 0.0263. The Hall–Kier alpha value is -6.25. The normalized spacial score (nSPS) is 21.7. The first-order valence-electron chi connectivity index (χ1n) is 23.3. The molecule has 1 heterocycles. The van der Waals surface area contributed by atoms with Gasteiger partial charge in [0.1, 0.15) is 35.6 Å². The van der Waals surface area contributed by atoms with Gasteiger partial charge >= 0.3 is 12.2 Å². The van der Waals surface area contributed by atoms with E-state index in [-0.39, 0.29) is 89.1 Å². The van der Waals surface area contributed by atoms with E-state index in [0.717, 1.165) is 5.57 Å². The third-order valence-electron chi connectivity index (χ3n) is 12.6. The van der Waals surface area contributed by atoms with Crippen LogP contribution in [0.25, 0.3) is 0 Å². The zero-order valence-corrected chi connectivity index (χ0v) is 39.4. The molecule has 1 fully saturated rings. The van der Waals surface area contributed by atoms with E-state index in [1.54, 1.807) is 61.5 Å². The molecular weight excluding hydrogens is 897 g/mol. The molecular formula is C50H64N4O15. The summed E-state index contributed by atoms with van der Waals surface area (Å²) in [5.74, 6) is -1.51. The summed E-state index contributed by atoms with van der Waals surface area (Å²) in [6.45, 7) is 5.57. The monoisotopic (exact) mass is 960 g/mol. The summed E-state index contributed by atoms with van der Waals surface area (Å²) in [4.78, 5) is 46.4. The van der Waals surface area contributed by atoms with Crippen molar-refractivity contribution in [2.24, 2.45) is 22.9 Å². The molecule has 3 aromatic carbocycles. The molecule has 0 radical (unpaired) electrons. The molecule has 6 unspecified atom stereocenters. The SMILES string of the molecule is C=CCOC12Oc3ccc(OC(=O)Nc4ccc(OC)cc4OC)cc3C3C(CCCCO)C(CCCCO)C=C(C(=NOCc4ccc([N+](=O)[O-])cc4)CC1N(CCOCCO)C(=O)OCC)C32. The maximum Gasteiger partial charge on any atom is 0.417 e. The Bertz CT molecular complexity index is 2270. The largest absolute Gasteiger partial charge is 0.497 e. The van der Waals surface area contributed by atoms with Gasteiger partial charge in [-0.2, -0.15) is 0 Å². The summed E-state index contributed by atoms with van der Waals surface area (Å²) < 4.78 is 42.4. The molecule has 69 heavy (non-hydrogen) atoms. The van der Waals surface area contributed by atoms with E-state index in [1.807, 2.05) is 0 Å². The number of amides is 2. The molecule has 19 heteroatoms. The van der Waals surface area contributed by atoms with E-state index in [9.17, 15) is 35.0 Å². The molecule has 374 valence electrons. The minimum Gasteiger partial charge on any atom is -0.497 e. The van der Waals surface area contributed by atoms with Gasteiger partial charge in [0.05, 0.1) is 69.5 Å². The van der Waals surface area contributed by atoms with E-state index in [1.165, 1.54) is 31.3 Å². The number of nitrogens with zero attached hydrogens (tertiary/aromatic N) is 3. The van der Waals surface area contributed by atoms with Crippen molar-refractivity contribution in [1.82, 2.24) is 4.90 Å². The maximum absolute atomic E-state index is 14.3. The van der Waals surface area contributed by atoms with Crippen LogP contribution in [0, 0.1) is 27.9 Å². The van der Waals surface area contributed by atoms with Crippen molar-refractivity contribution in [3.05, 3.63) is 106 Å². The lowest BCUT2D eigenvalue weighted by atomic mass is 9.55. The Kier molecular flexibility index (Phi) is 19.2. The molecule has 1 aliphatic heterocycles. The molecule has 19 nitrogen and oxygen atoms in total. The lowest BCUT2D eigenvalue weighted by Gasteiger charge is -2.59. The molecule has 1 saturated carbocycles. The predicted molar refractivity (Wildman–Crippen MR) is 254 cm³/mol. The minimum atomic E-state index is -1.63. The number of oxime groups is 1. The number of nitro groups is 1. The Morgan fingerprint density at radius 3 is 2.41 bits per heavy atom. The number of hydrogen-bond donors (Lipinski definition) is 4. The Morgan fingerprint density at radius 2 is 1.72 bits per heavy atom. The van der Waals surface area contributed by atoms with Crippen LogP contribution in [0.4, 0.5) is 21.0 Å². The first-order valence-corrected chi connectivity index (χ1v) is 23.3. The number of fused-ring (bicyclic) bond motifs is 2. The van der Waals surface area contributed by atoms with Crippen molar-refractivity contribution in [3.63, 3.8) is 0 Å². The number of methoxy groups -OCH3 is 2. The number of hydrogen-bond acceptors (Lipinski definition) is 16. The highest BCUT2D eigenvalue weighted by atomic mass is 16.7. The molecule has 6 rings (SSSR count). The van der Waals surface area contributed by atoms with Crippen LogP contribution < -0.4 is 24.3 Å². The highest BCUT2D eigenvalue weighted by molar-refractivity contribution is 6.03. The third-order valence-corrected chi connectivity index (χ3v) is 12.6. The Labute approximate surface area is 401 Å². The van der Waals surface area contributed by atoms with Crippen molar-refractivity contribution in [3.8, 4) is 23.0 Å². The average molecular weight is 961 g/mol. The average Bonchev–Trinajstić information content (AvgIpc) is 3.35. The van der Waals surface area contributed by atoms with Crippen LogP contribution in [0.5, 0.6) is 23.0 Å². The fourth-order valence-corrected chi connectivity index (χ4v) is 9.67. The van der Waals surface area contributed by atoms with E-state index in [4.69, 9.17) is 43.2 Å². The third kappa shape index (κ3) is 12.5. The van der Waals surface area contributed by atoms with Crippen molar-refractivity contribution in [2.45, 2.75) is 76.2 Å². The summed E-state index contributed by atoms with van der Waals surface area (Å²) in [5.41, 5.74) is 2.87. The van der Waals surface area contributed by atoms with Gasteiger partial charge in [-0.15, -0.1) is 6.58 Å². The molecule has 0 spiro atoms. The van der Waals surface area contributed by atoms with E-state index in [2.05, 4.69) is 18.0 Å². The van der Waals surface area contributed by atoms with E-state index >= 15 is 0 Å². The predicted octanol–water partition coefficient (Wildman–Crippen LogP) is 7.52. The van der Waals surface area contributed by atoms with Crippen molar-refractivity contribution in [1.29, 1.82) is 0 Å². The van der Waals surface area contributed by atoms with Gasteiger partial charge in [0.2, 0.25) is 5.79 Å². The number of rotatable bonds is 26. The Balaban J connectivity index is 1.53. The second kappa shape index (κ2) is 25.4. The second-order valence-electron chi connectivity index (χ2n) is 16.8. The fraction of sp³-hybridized carbons (Fsp3) is 0.500. The van der Waals surface area contributed by atoms with Crippen LogP contribution >= 0.6 is 0 Å². The van der Waals surface area contributed by atoms with Gasteiger partial charge in [0.15, 0.2) is 0 Å². The summed E-state index contributed by atoms with van der Waals surface area (Å²) in [6, 6.07) is 15.1. The first kappa shape index (κ1) is 52.1. The highest BCUT2D eigenvalue weighted by Crippen LogP contribution is 2.62.